The summed E-state index contributed by atoms with van der Waals surface area (Å²) in [5.74, 6) is 0.787. The van der Waals surface area contributed by atoms with Gasteiger partial charge in [0.2, 0.25) is 0 Å². The second-order valence-electron chi connectivity index (χ2n) is 7.52. The van der Waals surface area contributed by atoms with Gasteiger partial charge >= 0.3 is 0 Å². The first kappa shape index (κ1) is 27.3. The molecule has 2 aromatic carbocycles. The Bertz CT molecular complexity index is 1260. The maximum atomic E-state index is 10.4. The summed E-state index contributed by atoms with van der Waals surface area (Å²) in [7, 11) is -4.62. The van der Waals surface area contributed by atoms with E-state index in [4.69, 9.17) is 9.47 Å². The third-order valence-electron chi connectivity index (χ3n) is 4.77. The van der Waals surface area contributed by atoms with Crippen molar-refractivity contribution in [3.8, 4) is 5.75 Å². The lowest BCUT2D eigenvalue weighted by atomic mass is 10.2. The molecule has 4 rings (SSSR count). The van der Waals surface area contributed by atoms with Crippen molar-refractivity contribution in [2.75, 3.05) is 6.61 Å². The van der Waals surface area contributed by atoms with Crippen LogP contribution in [-0.2, 0) is 25.7 Å². The quantitative estimate of drug-likeness (QED) is 0.177. The van der Waals surface area contributed by atoms with Gasteiger partial charge in [-0.2, -0.15) is 0 Å². The smallest absolute Gasteiger partial charge is 0.259 e. The van der Waals surface area contributed by atoms with Crippen LogP contribution in [0.25, 0.3) is 0 Å². The molecule has 0 bridgehead atoms. The number of pyridine rings is 2. The fraction of sp³-hybridized carbons (Fsp3) is 0.185. The highest BCUT2D eigenvalue weighted by molar-refractivity contribution is 7.96. The molecule has 0 N–H and O–H groups in total. The first-order chi connectivity index (χ1) is 17.3. The first-order valence-electron chi connectivity index (χ1n) is 11.2. The number of hydrogen-bond donors (Lipinski definition) is 0. The molecule has 4 aromatic rings. The van der Waals surface area contributed by atoms with E-state index in [0.717, 1.165) is 26.3 Å². The molecule has 0 fully saturated rings. The van der Waals surface area contributed by atoms with Crippen LogP contribution in [-0.4, -0.2) is 35.8 Å². The molecule has 1 unspecified atom stereocenters. The van der Waals surface area contributed by atoms with E-state index in [0.29, 0.717) is 6.61 Å². The largest absolute Gasteiger partial charge is 0.744 e. The maximum Gasteiger partial charge on any atom is 0.259 e. The van der Waals surface area contributed by atoms with Crippen LogP contribution in [0.5, 0.6) is 5.75 Å². The molecule has 0 saturated carbocycles. The maximum absolute atomic E-state index is 10.4. The van der Waals surface area contributed by atoms with Gasteiger partial charge < -0.3 is 14.0 Å². The molecule has 2 heterocycles. The minimum absolute atomic E-state index is 0.178. The standard InChI is InChI=1S/C20H21N2O2S.C7H8O3S/c1-3-23-16(2)24-17-10-12-18(13-11-17)25(19-8-4-6-14-21-19)20-9-5-7-15-22-20;1-6-2-4-7(5-3-6)11(8,9)10/h4-16H,3H2,1-2H3;2-5H,1H3,(H,8,9,10)/q+1;/p-1. The molecule has 0 amide bonds. The molecule has 2 aromatic heterocycles. The highest BCUT2D eigenvalue weighted by Gasteiger charge is 2.31. The molecule has 0 aliphatic heterocycles. The third kappa shape index (κ3) is 8.17. The van der Waals surface area contributed by atoms with Gasteiger partial charge in [0.05, 0.1) is 4.90 Å². The van der Waals surface area contributed by atoms with E-state index in [1.807, 2.05) is 81.7 Å². The predicted molar refractivity (Wildman–Crippen MR) is 138 cm³/mol. The summed E-state index contributed by atoms with van der Waals surface area (Å²) in [5.41, 5.74) is 0.928. The molecule has 36 heavy (non-hydrogen) atoms. The summed E-state index contributed by atoms with van der Waals surface area (Å²) < 4.78 is 42.3. The van der Waals surface area contributed by atoms with Crippen molar-refractivity contribution >= 4 is 21.0 Å². The molecule has 1 atom stereocenters. The Kier molecular flexibility index (Phi) is 10.0. The van der Waals surface area contributed by atoms with Crippen molar-refractivity contribution in [2.24, 2.45) is 0 Å². The van der Waals surface area contributed by atoms with Gasteiger partial charge in [0.1, 0.15) is 26.8 Å². The van der Waals surface area contributed by atoms with E-state index in [-0.39, 0.29) is 22.1 Å². The summed E-state index contributed by atoms with van der Waals surface area (Å²) in [6.07, 6.45) is 3.37. The van der Waals surface area contributed by atoms with Crippen molar-refractivity contribution in [1.29, 1.82) is 0 Å². The lowest BCUT2D eigenvalue weighted by Gasteiger charge is -2.14. The van der Waals surface area contributed by atoms with Gasteiger partial charge in [-0.05, 0) is 69.3 Å². The highest BCUT2D eigenvalue weighted by atomic mass is 32.2. The van der Waals surface area contributed by atoms with E-state index in [1.165, 1.54) is 12.1 Å². The molecule has 9 heteroatoms. The second-order valence-corrected chi connectivity index (χ2v) is 10.8. The lowest BCUT2D eigenvalue weighted by Crippen LogP contribution is -2.16. The van der Waals surface area contributed by atoms with Crippen molar-refractivity contribution in [3.05, 3.63) is 103 Å². The van der Waals surface area contributed by atoms with Gasteiger partial charge in [0, 0.05) is 31.1 Å². The van der Waals surface area contributed by atoms with Gasteiger partial charge in [0.15, 0.2) is 11.2 Å². The van der Waals surface area contributed by atoms with E-state index in [9.17, 15) is 13.0 Å². The average Bonchev–Trinajstić information content (AvgIpc) is 2.87. The number of rotatable bonds is 8. The summed E-state index contributed by atoms with van der Waals surface area (Å²) in [4.78, 5) is 10.1. The summed E-state index contributed by atoms with van der Waals surface area (Å²) >= 11 is 0. The second kappa shape index (κ2) is 13.2. The number of aromatic nitrogens is 2. The van der Waals surface area contributed by atoms with Gasteiger partial charge in [-0.25, -0.2) is 18.4 Å². The molecule has 0 aliphatic carbocycles. The molecular formula is C27H28N2O5S2. The Labute approximate surface area is 215 Å². The molecular weight excluding hydrogens is 496 g/mol. The monoisotopic (exact) mass is 524 g/mol. The molecule has 188 valence electrons. The zero-order valence-electron chi connectivity index (χ0n) is 20.3. The van der Waals surface area contributed by atoms with Crippen molar-refractivity contribution < 1.29 is 22.4 Å². The van der Waals surface area contributed by atoms with Crippen LogP contribution in [0.15, 0.2) is 117 Å². The normalized spacial score (nSPS) is 11.9. The number of ether oxygens (including phenoxy) is 2. The highest BCUT2D eigenvalue weighted by Crippen LogP contribution is 2.29. The first-order valence-corrected chi connectivity index (χ1v) is 13.9. The molecule has 0 saturated heterocycles. The fourth-order valence-electron chi connectivity index (χ4n) is 3.10. The van der Waals surface area contributed by atoms with Gasteiger partial charge in [-0.15, -0.1) is 0 Å². The van der Waals surface area contributed by atoms with Gasteiger partial charge in [0.25, 0.3) is 10.1 Å². The summed E-state index contributed by atoms with van der Waals surface area (Å²) in [6, 6.07) is 25.8. The number of hydrogen-bond acceptors (Lipinski definition) is 7. The van der Waals surface area contributed by atoms with Crippen molar-refractivity contribution in [2.45, 2.75) is 46.9 Å². The van der Waals surface area contributed by atoms with Crippen LogP contribution in [0.4, 0.5) is 0 Å². The van der Waals surface area contributed by atoms with Crippen LogP contribution < -0.4 is 4.74 Å². The minimum Gasteiger partial charge on any atom is -0.744 e. The number of benzene rings is 2. The van der Waals surface area contributed by atoms with Gasteiger partial charge in [-0.1, -0.05) is 29.8 Å². The SMILES string of the molecule is CCOC(C)Oc1ccc([S+](c2ccccn2)c2ccccn2)cc1.Cc1ccc(S(=O)(=O)[O-])cc1. The molecule has 0 spiro atoms. The molecule has 0 radical (unpaired) electrons. The van der Waals surface area contributed by atoms with Crippen LogP contribution in [0, 0.1) is 6.92 Å². The van der Waals surface area contributed by atoms with E-state index < -0.39 is 10.1 Å². The van der Waals surface area contributed by atoms with E-state index >= 15 is 0 Å². The minimum atomic E-state index is -4.27. The Morgan fingerprint density at radius 2 is 1.42 bits per heavy atom. The van der Waals surface area contributed by atoms with E-state index in [2.05, 4.69) is 22.1 Å². The number of aryl methyl sites for hydroxylation is 1. The average molecular weight is 525 g/mol. The van der Waals surface area contributed by atoms with Crippen LogP contribution in [0.1, 0.15) is 19.4 Å². The van der Waals surface area contributed by atoms with Crippen LogP contribution >= 0.6 is 0 Å². The molecule has 0 aliphatic rings. The van der Waals surface area contributed by atoms with Crippen LogP contribution in [0.3, 0.4) is 0 Å². The topological polar surface area (TPSA) is 101 Å². The van der Waals surface area contributed by atoms with Crippen molar-refractivity contribution in [3.63, 3.8) is 0 Å². The predicted octanol–water partition coefficient (Wildman–Crippen LogP) is 5.23. The lowest BCUT2D eigenvalue weighted by molar-refractivity contribution is -0.0613. The summed E-state index contributed by atoms with van der Waals surface area (Å²) in [5, 5.41) is 2.00. The third-order valence-corrected chi connectivity index (χ3v) is 7.68. The molecule has 7 nitrogen and oxygen atoms in total. The van der Waals surface area contributed by atoms with E-state index in [1.54, 1.807) is 12.1 Å². The van der Waals surface area contributed by atoms with Gasteiger partial charge in [-0.3, -0.25) is 0 Å². The fourth-order valence-corrected chi connectivity index (χ4v) is 5.44. The zero-order chi connectivity index (χ0) is 26.0. The van der Waals surface area contributed by atoms with Crippen LogP contribution in [0.2, 0.25) is 0 Å². The Hall–Kier alpha value is -3.24. The number of nitrogens with zero attached hydrogens (tertiary/aromatic N) is 2. The summed E-state index contributed by atoms with van der Waals surface area (Å²) in [6.45, 7) is 6.29. The Balaban J connectivity index is 0.000000275. The Morgan fingerprint density at radius 3 is 1.86 bits per heavy atom. The zero-order valence-corrected chi connectivity index (χ0v) is 21.9. The Morgan fingerprint density at radius 1 is 0.861 bits per heavy atom. The van der Waals surface area contributed by atoms with Crippen molar-refractivity contribution in [1.82, 2.24) is 9.97 Å².